The van der Waals surface area contributed by atoms with Gasteiger partial charge in [0.05, 0.1) is 22.9 Å². The first-order valence-electron chi connectivity index (χ1n) is 9.63. The van der Waals surface area contributed by atoms with Crippen LogP contribution in [-0.4, -0.2) is 32.5 Å². The van der Waals surface area contributed by atoms with Crippen LogP contribution >= 0.6 is 0 Å². The third-order valence-electron chi connectivity index (χ3n) is 5.37. The lowest BCUT2D eigenvalue weighted by Gasteiger charge is -2.30. The number of aryl methyl sites for hydroxylation is 1. The van der Waals surface area contributed by atoms with Gasteiger partial charge in [0.2, 0.25) is 0 Å². The van der Waals surface area contributed by atoms with Crippen molar-refractivity contribution >= 4 is 34.3 Å². The molecule has 0 radical (unpaired) electrons. The number of aromatic nitrogens is 3. The Hall–Kier alpha value is -3.20. The summed E-state index contributed by atoms with van der Waals surface area (Å²) in [6.07, 6.45) is 5.55. The number of rotatable bonds is 5. The molecular formula is C20H24FN7O. The maximum Gasteiger partial charge on any atom is 0.252 e. The second kappa shape index (κ2) is 7.67. The average Bonchev–Trinajstić information content (AvgIpc) is 3.06. The van der Waals surface area contributed by atoms with Crippen molar-refractivity contribution in [3.05, 3.63) is 42.0 Å². The Kier molecular flexibility index (Phi) is 5.06. The Labute approximate surface area is 167 Å². The average molecular weight is 397 g/mol. The lowest BCUT2D eigenvalue weighted by atomic mass is 9.91. The monoisotopic (exact) mass is 397 g/mol. The number of hydrogen-bond acceptors (Lipinski definition) is 6. The van der Waals surface area contributed by atoms with E-state index in [1.54, 1.807) is 6.33 Å². The van der Waals surface area contributed by atoms with Crippen LogP contribution in [0.25, 0.3) is 11.0 Å². The van der Waals surface area contributed by atoms with Gasteiger partial charge in [0.15, 0.2) is 11.6 Å². The molecule has 8 nitrogen and oxygen atoms in total. The van der Waals surface area contributed by atoms with Crippen molar-refractivity contribution in [2.45, 2.75) is 37.8 Å². The minimum atomic E-state index is -0.763. The molecule has 1 aliphatic carbocycles. The van der Waals surface area contributed by atoms with E-state index < -0.39 is 11.7 Å². The van der Waals surface area contributed by atoms with Crippen molar-refractivity contribution < 1.29 is 9.18 Å². The van der Waals surface area contributed by atoms with E-state index >= 15 is 0 Å². The Bertz CT molecular complexity index is 1060. The van der Waals surface area contributed by atoms with E-state index in [1.165, 1.54) is 0 Å². The quantitative estimate of drug-likeness (QED) is 0.525. The summed E-state index contributed by atoms with van der Waals surface area (Å²) in [6.45, 7) is 0. The van der Waals surface area contributed by atoms with Crippen molar-refractivity contribution in [2.75, 3.05) is 10.6 Å². The zero-order valence-electron chi connectivity index (χ0n) is 16.2. The molecule has 0 aliphatic heterocycles. The fourth-order valence-corrected chi connectivity index (χ4v) is 3.73. The summed E-state index contributed by atoms with van der Waals surface area (Å²) in [5.41, 5.74) is 14.0. The van der Waals surface area contributed by atoms with E-state index in [4.69, 9.17) is 11.5 Å². The van der Waals surface area contributed by atoms with Crippen molar-refractivity contribution in [2.24, 2.45) is 18.5 Å². The van der Waals surface area contributed by atoms with Crippen molar-refractivity contribution in [3.8, 4) is 0 Å². The number of halogens is 1. The molecule has 0 spiro atoms. The van der Waals surface area contributed by atoms with Gasteiger partial charge in [-0.05, 0) is 37.1 Å². The topological polar surface area (TPSA) is 124 Å². The molecule has 1 saturated carbocycles. The largest absolute Gasteiger partial charge is 0.365 e. The highest BCUT2D eigenvalue weighted by Gasteiger charge is 2.24. The molecule has 1 fully saturated rings. The van der Waals surface area contributed by atoms with Crippen LogP contribution < -0.4 is 22.1 Å². The third-order valence-corrected chi connectivity index (χ3v) is 5.37. The van der Waals surface area contributed by atoms with E-state index in [0.29, 0.717) is 5.69 Å². The molecule has 2 heterocycles. The van der Waals surface area contributed by atoms with Crippen molar-refractivity contribution in [1.29, 1.82) is 0 Å². The first-order valence-corrected chi connectivity index (χ1v) is 9.63. The maximum atomic E-state index is 14.6. The standard InChI is InChI=1S/C20H24FN7O/c1-28-10-24-16-7-6-11(8-17(16)28)25-19-12(18(23)29)9-13(21)20(27-19)26-15-5-3-2-4-14(15)22/h6-10,14-15H,2-5,22H2,1H3,(H2,23,29)(H2,25,26,27)/t14-,15+/m0/s1. The van der Waals surface area contributed by atoms with Gasteiger partial charge in [-0.3, -0.25) is 4.79 Å². The molecule has 4 rings (SSSR count). The van der Waals surface area contributed by atoms with Crippen LogP contribution in [0.5, 0.6) is 0 Å². The van der Waals surface area contributed by atoms with Crippen molar-refractivity contribution in [3.63, 3.8) is 0 Å². The van der Waals surface area contributed by atoms with Crippen LogP contribution in [0.15, 0.2) is 30.6 Å². The molecule has 2 atom stereocenters. The van der Waals surface area contributed by atoms with Gasteiger partial charge in [0.25, 0.3) is 5.91 Å². The summed E-state index contributed by atoms with van der Waals surface area (Å²) < 4.78 is 16.5. The highest BCUT2D eigenvalue weighted by Crippen LogP contribution is 2.27. The molecule has 6 N–H and O–H groups in total. The number of nitrogens with one attached hydrogen (secondary N) is 2. The zero-order chi connectivity index (χ0) is 20.5. The fraction of sp³-hybridized carbons (Fsp3) is 0.350. The molecule has 0 bridgehead atoms. The highest BCUT2D eigenvalue weighted by atomic mass is 19.1. The number of anilines is 3. The second-order valence-corrected chi connectivity index (χ2v) is 7.46. The summed E-state index contributed by atoms with van der Waals surface area (Å²) in [7, 11) is 1.89. The van der Waals surface area contributed by atoms with E-state index in [-0.39, 0.29) is 29.3 Å². The number of amides is 1. The van der Waals surface area contributed by atoms with Crippen molar-refractivity contribution in [1.82, 2.24) is 14.5 Å². The maximum absolute atomic E-state index is 14.6. The van der Waals surface area contributed by atoms with Crippen LogP contribution in [0, 0.1) is 5.82 Å². The van der Waals surface area contributed by atoms with Crippen LogP contribution in [0.3, 0.4) is 0 Å². The predicted molar refractivity (Wildman–Crippen MR) is 111 cm³/mol. The molecule has 3 aromatic rings. The first-order chi connectivity index (χ1) is 13.9. The van der Waals surface area contributed by atoms with Crippen LogP contribution in [0.2, 0.25) is 0 Å². The van der Waals surface area contributed by atoms with Gasteiger partial charge in [0, 0.05) is 24.8 Å². The lowest BCUT2D eigenvalue weighted by molar-refractivity contribution is 0.100. The van der Waals surface area contributed by atoms with Gasteiger partial charge in [-0.15, -0.1) is 0 Å². The van der Waals surface area contributed by atoms with Crippen LogP contribution in [0.4, 0.5) is 21.7 Å². The first kappa shape index (κ1) is 19.1. The van der Waals surface area contributed by atoms with Crippen LogP contribution in [0.1, 0.15) is 36.0 Å². The SMILES string of the molecule is Cn1cnc2ccc(Nc3nc(N[C@@H]4CCCC[C@@H]4N)c(F)cc3C(N)=O)cc21. The number of primary amides is 1. The lowest BCUT2D eigenvalue weighted by Crippen LogP contribution is -2.43. The van der Waals surface area contributed by atoms with Crippen LogP contribution in [-0.2, 0) is 7.05 Å². The highest BCUT2D eigenvalue weighted by molar-refractivity contribution is 5.98. The predicted octanol–water partition coefficient (Wildman–Crippen LogP) is 2.63. The zero-order valence-corrected chi connectivity index (χ0v) is 16.2. The summed E-state index contributed by atoms with van der Waals surface area (Å²) in [6, 6.07) is 6.52. The molecule has 29 heavy (non-hydrogen) atoms. The second-order valence-electron chi connectivity index (χ2n) is 7.46. The Morgan fingerprint density at radius 1 is 1.24 bits per heavy atom. The number of imidazole rings is 1. The summed E-state index contributed by atoms with van der Waals surface area (Å²) in [5.74, 6) is -1.15. The van der Waals surface area contributed by atoms with E-state index in [9.17, 15) is 9.18 Å². The van der Waals surface area contributed by atoms with E-state index in [0.717, 1.165) is 42.8 Å². The molecule has 2 aromatic heterocycles. The number of benzene rings is 1. The molecule has 152 valence electrons. The summed E-state index contributed by atoms with van der Waals surface area (Å²) in [5, 5.41) is 6.20. The van der Waals surface area contributed by atoms with Gasteiger partial charge >= 0.3 is 0 Å². The number of fused-ring (bicyclic) bond motifs is 1. The Morgan fingerprint density at radius 2 is 2.03 bits per heavy atom. The summed E-state index contributed by atoms with van der Waals surface area (Å²) in [4.78, 5) is 20.5. The van der Waals surface area contributed by atoms with Gasteiger partial charge in [-0.25, -0.2) is 14.4 Å². The minimum Gasteiger partial charge on any atom is -0.365 e. The van der Waals surface area contributed by atoms with E-state index in [2.05, 4.69) is 20.6 Å². The Morgan fingerprint density at radius 3 is 2.79 bits per heavy atom. The normalized spacial score (nSPS) is 19.3. The number of carbonyl (C=O) groups is 1. The minimum absolute atomic E-state index is 0.0221. The molecule has 1 aromatic carbocycles. The number of carbonyl (C=O) groups excluding carboxylic acids is 1. The smallest absolute Gasteiger partial charge is 0.252 e. The molecule has 9 heteroatoms. The molecule has 0 unspecified atom stereocenters. The molecular weight excluding hydrogens is 373 g/mol. The van der Waals surface area contributed by atoms with Gasteiger partial charge < -0.3 is 26.7 Å². The molecule has 0 saturated heterocycles. The fourth-order valence-electron chi connectivity index (χ4n) is 3.73. The van der Waals surface area contributed by atoms with E-state index in [1.807, 2.05) is 29.8 Å². The van der Waals surface area contributed by atoms with Gasteiger partial charge in [-0.2, -0.15) is 0 Å². The number of pyridine rings is 1. The number of hydrogen-bond donors (Lipinski definition) is 4. The Balaban J connectivity index is 1.68. The number of nitrogens with zero attached hydrogens (tertiary/aromatic N) is 3. The molecule has 1 aliphatic rings. The van der Waals surface area contributed by atoms with Gasteiger partial charge in [0.1, 0.15) is 5.82 Å². The summed E-state index contributed by atoms with van der Waals surface area (Å²) >= 11 is 0. The van der Waals surface area contributed by atoms with Gasteiger partial charge in [-0.1, -0.05) is 12.8 Å². The number of nitrogens with two attached hydrogens (primary N) is 2. The molecule has 1 amide bonds. The third kappa shape index (κ3) is 3.86.